The molecule has 0 amide bonds. The van der Waals surface area contributed by atoms with Gasteiger partial charge in [0, 0.05) is 24.7 Å². The molecule has 1 heterocycles. The zero-order valence-corrected chi connectivity index (χ0v) is 10.00. The predicted molar refractivity (Wildman–Crippen MR) is 65.3 cm³/mol. The average Bonchev–Trinajstić information content (AvgIpc) is 3.10. The molecular formula is C13H15F2N3. The van der Waals surface area contributed by atoms with Crippen molar-refractivity contribution < 1.29 is 8.78 Å². The van der Waals surface area contributed by atoms with Gasteiger partial charge in [-0.15, -0.1) is 0 Å². The Labute approximate surface area is 104 Å². The first-order valence-corrected chi connectivity index (χ1v) is 6.27. The van der Waals surface area contributed by atoms with Crippen LogP contribution in [0.3, 0.4) is 0 Å². The van der Waals surface area contributed by atoms with Crippen LogP contribution in [0.4, 0.5) is 8.78 Å². The molecule has 1 aromatic heterocycles. The normalized spacial score (nSPS) is 15.4. The molecule has 96 valence electrons. The number of hydrogen-bond donors (Lipinski definition) is 1. The number of fused-ring (bicyclic) bond motifs is 1. The van der Waals surface area contributed by atoms with E-state index in [1.54, 1.807) is 6.33 Å². The Morgan fingerprint density at radius 2 is 2.06 bits per heavy atom. The lowest BCUT2D eigenvalue weighted by molar-refractivity contribution is 0.510. The smallest absolute Gasteiger partial charge is 0.161 e. The van der Waals surface area contributed by atoms with Crippen molar-refractivity contribution in [3.05, 3.63) is 30.1 Å². The third-order valence-electron chi connectivity index (χ3n) is 3.25. The number of nitrogens with zero attached hydrogens (tertiary/aromatic N) is 2. The molecule has 3 nitrogen and oxygen atoms in total. The number of nitrogens with one attached hydrogen (secondary N) is 1. The van der Waals surface area contributed by atoms with Gasteiger partial charge < -0.3 is 9.88 Å². The van der Waals surface area contributed by atoms with Gasteiger partial charge in [0.25, 0.3) is 0 Å². The maximum atomic E-state index is 13.2. The summed E-state index contributed by atoms with van der Waals surface area (Å²) in [5, 5.41) is 3.42. The van der Waals surface area contributed by atoms with Crippen LogP contribution in [0.2, 0.25) is 0 Å². The molecule has 1 fully saturated rings. The molecular weight excluding hydrogens is 236 g/mol. The van der Waals surface area contributed by atoms with Crippen LogP contribution in [0.25, 0.3) is 11.0 Å². The average molecular weight is 251 g/mol. The van der Waals surface area contributed by atoms with E-state index < -0.39 is 11.6 Å². The minimum Gasteiger partial charge on any atom is -0.330 e. The van der Waals surface area contributed by atoms with Crippen LogP contribution >= 0.6 is 0 Å². The predicted octanol–water partition coefficient (Wildman–Crippen LogP) is 2.46. The van der Waals surface area contributed by atoms with E-state index in [9.17, 15) is 8.78 Å². The van der Waals surface area contributed by atoms with Crippen LogP contribution in [0.5, 0.6) is 0 Å². The van der Waals surface area contributed by atoms with Gasteiger partial charge in [-0.05, 0) is 25.8 Å². The monoisotopic (exact) mass is 251 g/mol. The summed E-state index contributed by atoms with van der Waals surface area (Å²) in [7, 11) is 0. The maximum Gasteiger partial charge on any atom is 0.161 e. The summed E-state index contributed by atoms with van der Waals surface area (Å²) < 4.78 is 28.1. The van der Waals surface area contributed by atoms with E-state index in [2.05, 4.69) is 10.3 Å². The van der Waals surface area contributed by atoms with Crippen molar-refractivity contribution in [2.45, 2.75) is 31.8 Å². The summed E-state index contributed by atoms with van der Waals surface area (Å²) in [6, 6.07) is 3.06. The number of aryl methyl sites for hydroxylation is 1. The molecule has 5 heteroatoms. The Bertz CT molecular complexity index is 561. The fourth-order valence-corrected chi connectivity index (χ4v) is 2.07. The number of aromatic nitrogens is 2. The van der Waals surface area contributed by atoms with Crippen LogP contribution in [0.1, 0.15) is 19.3 Å². The van der Waals surface area contributed by atoms with Crippen LogP contribution in [0, 0.1) is 11.6 Å². The number of imidazole rings is 1. The summed E-state index contributed by atoms with van der Waals surface area (Å²) in [6.45, 7) is 1.72. The van der Waals surface area contributed by atoms with Crippen molar-refractivity contribution in [2.75, 3.05) is 6.54 Å². The molecule has 1 aliphatic rings. The molecule has 0 spiro atoms. The molecule has 3 rings (SSSR count). The Hall–Kier alpha value is -1.49. The first kappa shape index (κ1) is 11.6. The highest BCUT2D eigenvalue weighted by Gasteiger charge is 2.19. The summed E-state index contributed by atoms with van der Waals surface area (Å²) >= 11 is 0. The van der Waals surface area contributed by atoms with Crippen LogP contribution in [-0.4, -0.2) is 22.1 Å². The highest BCUT2D eigenvalue weighted by molar-refractivity contribution is 5.75. The van der Waals surface area contributed by atoms with Gasteiger partial charge in [-0.2, -0.15) is 0 Å². The van der Waals surface area contributed by atoms with E-state index >= 15 is 0 Å². The molecule has 1 saturated carbocycles. The Morgan fingerprint density at radius 3 is 2.83 bits per heavy atom. The molecule has 0 atom stereocenters. The van der Waals surface area contributed by atoms with Gasteiger partial charge in [-0.3, -0.25) is 0 Å². The van der Waals surface area contributed by atoms with Crippen LogP contribution < -0.4 is 5.32 Å². The molecule has 0 bridgehead atoms. The SMILES string of the molecule is Fc1cc2ncn(CCCNC3CC3)c2cc1F. The minimum absolute atomic E-state index is 0.504. The lowest BCUT2D eigenvalue weighted by Gasteiger charge is -2.05. The second-order valence-electron chi connectivity index (χ2n) is 4.77. The Kier molecular flexibility index (Phi) is 2.99. The number of hydrogen-bond acceptors (Lipinski definition) is 2. The topological polar surface area (TPSA) is 29.9 Å². The van der Waals surface area contributed by atoms with E-state index in [0.717, 1.165) is 25.6 Å². The van der Waals surface area contributed by atoms with Crippen molar-refractivity contribution in [1.29, 1.82) is 0 Å². The van der Waals surface area contributed by atoms with E-state index in [-0.39, 0.29) is 0 Å². The molecule has 1 N–H and O–H groups in total. The maximum absolute atomic E-state index is 13.2. The van der Waals surface area contributed by atoms with Crippen molar-refractivity contribution in [2.24, 2.45) is 0 Å². The second kappa shape index (κ2) is 4.65. The molecule has 2 aromatic rings. The van der Waals surface area contributed by atoms with Gasteiger partial charge in [-0.25, -0.2) is 13.8 Å². The second-order valence-corrected chi connectivity index (χ2v) is 4.77. The zero-order chi connectivity index (χ0) is 12.5. The standard InChI is InChI=1S/C13H15F2N3/c14-10-6-12-13(7-11(10)15)18(8-17-12)5-1-4-16-9-2-3-9/h6-9,16H,1-5H2. The fraction of sp³-hybridized carbons (Fsp3) is 0.462. The molecule has 0 radical (unpaired) electrons. The largest absolute Gasteiger partial charge is 0.330 e. The first-order valence-electron chi connectivity index (χ1n) is 6.27. The Balaban J connectivity index is 1.69. The minimum atomic E-state index is -0.844. The first-order chi connectivity index (χ1) is 8.74. The molecule has 1 aliphatic carbocycles. The summed E-state index contributed by atoms with van der Waals surface area (Å²) in [6.07, 6.45) is 5.15. The summed E-state index contributed by atoms with van der Waals surface area (Å²) in [4.78, 5) is 4.08. The van der Waals surface area contributed by atoms with Gasteiger partial charge in [-0.1, -0.05) is 0 Å². The van der Waals surface area contributed by atoms with E-state index in [4.69, 9.17) is 0 Å². The van der Waals surface area contributed by atoms with Gasteiger partial charge in [0.2, 0.25) is 0 Å². The highest BCUT2D eigenvalue weighted by atomic mass is 19.2. The molecule has 0 saturated heterocycles. The van der Waals surface area contributed by atoms with Crippen molar-refractivity contribution >= 4 is 11.0 Å². The van der Waals surface area contributed by atoms with Crippen LogP contribution in [0.15, 0.2) is 18.5 Å². The quantitative estimate of drug-likeness (QED) is 0.827. The number of halogens is 2. The van der Waals surface area contributed by atoms with Gasteiger partial charge in [0.1, 0.15) is 0 Å². The summed E-state index contributed by atoms with van der Waals surface area (Å²) in [5.74, 6) is -1.66. The third-order valence-corrected chi connectivity index (χ3v) is 3.25. The molecule has 18 heavy (non-hydrogen) atoms. The molecule has 0 aliphatic heterocycles. The fourth-order valence-electron chi connectivity index (χ4n) is 2.07. The van der Waals surface area contributed by atoms with E-state index in [1.165, 1.54) is 18.9 Å². The van der Waals surface area contributed by atoms with Crippen molar-refractivity contribution in [1.82, 2.24) is 14.9 Å². The Morgan fingerprint density at radius 1 is 1.28 bits per heavy atom. The lowest BCUT2D eigenvalue weighted by Crippen LogP contribution is -2.18. The third kappa shape index (κ3) is 2.36. The lowest BCUT2D eigenvalue weighted by atomic mass is 10.3. The molecule has 0 unspecified atom stereocenters. The van der Waals surface area contributed by atoms with E-state index in [1.807, 2.05) is 4.57 Å². The van der Waals surface area contributed by atoms with Crippen molar-refractivity contribution in [3.63, 3.8) is 0 Å². The number of rotatable bonds is 5. The highest BCUT2D eigenvalue weighted by Crippen LogP contribution is 2.19. The van der Waals surface area contributed by atoms with E-state index in [0.29, 0.717) is 17.1 Å². The number of benzene rings is 1. The van der Waals surface area contributed by atoms with Gasteiger partial charge >= 0.3 is 0 Å². The molecule has 1 aromatic carbocycles. The zero-order valence-electron chi connectivity index (χ0n) is 10.00. The summed E-state index contributed by atoms with van der Waals surface area (Å²) in [5.41, 5.74) is 1.16. The van der Waals surface area contributed by atoms with Gasteiger partial charge in [0.15, 0.2) is 11.6 Å². The van der Waals surface area contributed by atoms with Gasteiger partial charge in [0.05, 0.1) is 17.4 Å². The van der Waals surface area contributed by atoms with Crippen LogP contribution in [-0.2, 0) is 6.54 Å². The van der Waals surface area contributed by atoms with Crippen molar-refractivity contribution in [3.8, 4) is 0 Å².